The van der Waals surface area contributed by atoms with Gasteiger partial charge in [-0.25, -0.2) is 4.79 Å². The number of halogens is 1. The molecule has 6 nitrogen and oxygen atoms in total. The molecule has 7 heteroatoms. The molecular weight excluding hydrogens is 340 g/mol. The van der Waals surface area contributed by atoms with Gasteiger partial charge in [-0.1, -0.05) is 6.92 Å². The highest BCUT2D eigenvalue weighted by atomic mass is 79.9. The fourth-order valence-corrected chi connectivity index (χ4v) is 3.13. The predicted molar refractivity (Wildman–Crippen MR) is 79.1 cm³/mol. The van der Waals surface area contributed by atoms with Gasteiger partial charge in [-0.3, -0.25) is 5.10 Å². The Morgan fingerprint density at radius 1 is 1.43 bits per heavy atom. The first kappa shape index (κ1) is 13.9. The van der Waals surface area contributed by atoms with Crippen LogP contribution in [0.25, 0.3) is 11.3 Å². The summed E-state index contributed by atoms with van der Waals surface area (Å²) in [4.78, 5) is 11.0. The van der Waals surface area contributed by atoms with E-state index in [4.69, 9.17) is 14.6 Å². The molecule has 1 aliphatic heterocycles. The number of rotatable bonds is 3. The molecule has 0 fully saturated rings. The number of nitrogens with one attached hydrogen (secondary N) is 1. The average Bonchev–Trinajstić information content (AvgIpc) is 2.97. The van der Waals surface area contributed by atoms with E-state index >= 15 is 0 Å². The zero-order chi connectivity index (χ0) is 15.0. The number of hydrogen-bond acceptors (Lipinski definition) is 4. The third-order valence-corrected chi connectivity index (χ3v) is 4.15. The number of benzene rings is 1. The van der Waals surface area contributed by atoms with Crippen molar-refractivity contribution in [1.82, 2.24) is 10.2 Å². The van der Waals surface area contributed by atoms with Crippen LogP contribution < -0.4 is 9.47 Å². The van der Waals surface area contributed by atoms with Crippen molar-refractivity contribution in [2.45, 2.75) is 13.3 Å². The maximum Gasteiger partial charge on any atom is 0.353 e. The largest absolute Gasteiger partial charge is 0.486 e. The maximum atomic E-state index is 11.0. The van der Waals surface area contributed by atoms with Gasteiger partial charge in [0.1, 0.15) is 18.9 Å². The Hall–Kier alpha value is -2.02. The monoisotopic (exact) mass is 352 g/mol. The first-order valence-corrected chi connectivity index (χ1v) is 7.31. The number of nitrogens with zero attached hydrogens (tertiary/aromatic N) is 1. The molecule has 0 unspecified atom stereocenters. The van der Waals surface area contributed by atoms with Crippen LogP contribution in [0.5, 0.6) is 11.5 Å². The predicted octanol–water partition coefficient (Wildman–Crippen LogP) is 2.87. The molecule has 3 rings (SSSR count). The summed E-state index contributed by atoms with van der Waals surface area (Å²) in [5.41, 5.74) is 2.46. The van der Waals surface area contributed by atoms with E-state index < -0.39 is 5.97 Å². The summed E-state index contributed by atoms with van der Waals surface area (Å²) in [6, 6.07) is 3.36. The fourth-order valence-electron chi connectivity index (χ4n) is 2.33. The first-order chi connectivity index (χ1) is 10.1. The van der Waals surface area contributed by atoms with E-state index in [-0.39, 0.29) is 5.69 Å². The molecule has 0 atom stereocenters. The van der Waals surface area contributed by atoms with Crippen molar-refractivity contribution in [2.24, 2.45) is 0 Å². The smallest absolute Gasteiger partial charge is 0.353 e. The van der Waals surface area contributed by atoms with Crippen molar-refractivity contribution < 1.29 is 19.4 Å². The number of aromatic carboxylic acids is 1. The molecule has 2 N–H and O–H groups in total. The highest BCUT2D eigenvalue weighted by Crippen LogP contribution is 2.44. The number of aromatic amines is 1. The molecule has 1 aliphatic rings. The van der Waals surface area contributed by atoms with Crippen LogP contribution in [-0.2, 0) is 6.42 Å². The second-order valence-corrected chi connectivity index (χ2v) is 5.36. The number of ether oxygens (including phenoxy) is 2. The van der Waals surface area contributed by atoms with E-state index in [9.17, 15) is 4.79 Å². The second-order valence-electron chi connectivity index (χ2n) is 4.57. The molecule has 0 amide bonds. The van der Waals surface area contributed by atoms with Crippen molar-refractivity contribution in [3.05, 3.63) is 27.9 Å². The lowest BCUT2D eigenvalue weighted by atomic mass is 10.0. The van der Waals surface area contributed by atoms with Gasteiger partial charge in [0.25, 0.3) is 0 Å². The Morgan fingerprint density at radius 3 is 2.86 bits per heavy atom. The van der Waals surface area contributed by atoms with Gasteiger partial charge < -0.3 is 14.6 Å². The molecule has 0 aliphatic carbocycles. The fraction of sp³-hybridized carbons (Fsp3) is 0.286. The van der Waals surface area contributed by atoms with Crippen molar-refractivity contribution in [1.29, 1.82) is 0 Å². The van der Waals surface area contributed by atoms with Crippen LogP contribution in [0.2, 0.25) is 0 Å². The van der Waals surface area contributed by atoms with Crippen LogP contribution in [0.3, 0.4) is 0 Å². The zero-order valence-electron chi connectivity index (χ0n) is 11.3. The minimum atomic E-state index is -1.04. The van der Waals surface area contributed by atoms with Crippen LogP contribution in [0.1, 0.15) is 23.0 Å². The number of carboxylic acids is 1. The molecule has 0 bridgehead atoms. The molecule has 1 aromatic heterocycles. The van der Waals surface area contributed by atoms with Crippen LogP contribution in [0, 0.1) is 0 Å². The van der Waals surface area contributed by atoms with Gasteiger partial charge in [0, 0.05) is 5.56 Å². The number of fused-ring (bicyclic) bond motifs is 1. The highest BCUT2D eigenvalue weighted by molar-refractivity contribution is 9.10. The molecule has 1 aromatic carbocycles. The summed E-state index contributed by atoms with van der Waals surface area (Å²) in [6.07, 6.45) is 0.752. The minimum Gasteiger partial charge on any atom is -0.486 e. The Morgan fingerprint density at radius 2 is 2.19 bits per heavy atom. The highest BCUT2D eigenvalue weighted by Gasteiger charge is 2.23. The Bertz CT molecular complexity index is 711. The van der Waals surface area contributed by atoms with E-state index in [0.29, 0.717) is 30.4 Å². The number of aromatic nitrogens is 2. The van der Waals surface area contributed by atoms with Crippen LogP contribution in [0.4, 0.5) is 0 Å². The lowest BCUT2D eigenvalue weighted by molar-refractivity contribution is 0.0690. The topological polar surface area (TPSA) is 84.4 Å². The zero-order valence-corrected chi connectivity index (χ0v) is 12.9. The van der Waals surface area contributed by atoms with E-state index in [1.807, 2.05) is 13.0 Å². The third kappa shape index (κ3) is 2.37. The van der Waals surface area contributed by atoms with Crippen LogP contribution in [-0.4, -0.2) is 34.5 Å². The van der Waals surface area contributed by atoms with Crippen molar-refractivity contribution >= 4 is 21.9 Å². The lowest BCUT2D eigenvalue weighted by Crippen LogP contribution is -2.16. The third-order valence-electron chi connectivity index (χ3n) is 3.31. The number of hydrogen-bond donors (Lipinski definition) is 2. The van der Waals surface area contributed by atoms with Gasteiger partial charge in [-0.15, -0.1) is 0 Å². The molecule has 2 aromatic rings. The summed E-state index contributed by atoms with van der Waals surface area (Å²) in [7, 11) is 0. The van der Waals surface area contributed by atoms with E-state index in [1.54, 1.807) is 0 Å². The molecule has 110 valence electrons. The van der Waals surface area contributed by atoms with Crippen molar-refractivity contribution in [3.8, 4) is 22.8 Å². The summed E-state index contributed by atoms with van der Waals surface area (Å²) in [6.45, 7) is 3.02. The van der Waals surface area contributed by atoms with E-state index in [0.717, 1.165) is 22.0 Å². The second kappa shape index (κ2) is 5.40. The van der Waals surface area contributed by atoms with E-state index in [1.165, 1.54) is 6.07 Å². The van der Waals surface area contributed by atoms with Crippen molar-refractivity contribution in [3.63, 3.8) is 0 Å². The molecule has 21 heavy (non-hydrogen) atoms. The van der Waals surface area contributed by atoms with Gasteiger partial charge in [0.2, 0.25) is 0 Å². The summed E-state index contributed by atoms with van der Waals surface area (Å²) in [5.74, 6) is 0.291. The number of H-pyrrole nitrogens is 1. The quantitative estimate of drug-likeness (QED) is 0.887. The van der Waals surface area contributed by atoms with Gasteiger partial charge in [-0.2, -0.15) is 5.10 Å². The maximum absolute atomic E-state index is 11.0. The summed E-state index contributed by atoms with van der Waals surface area (Å²) < 4.78 is 12.1. The Labute approximate surface area is 129 Å². The van der Waals surface area contributed by atoms with Gasteiger partial charge in [-0.05, 0) is 40.0 Å². The van der Waals surface area contributed by atoms with Gasteiger partial charge in [0.15, 0.2) is 11.5 Å². The Kier molecular flexibility index (Phi) is 3.59. The van der Waals surface area contributed by atoms with Crippen molar-refractivity contribution in [2.75, 3.05) is 13.2 Å². The molecule has 2 heterocycles. The van der Waals surface area contributed by atoms with Gasteiger partial charge >= 0.3 is 5.97 Å². The number of carboxylic acid groups (broad SMARTS) is 1. The summed E-state index contributed by atoms with van der Waals surface area (Å²) >= 11 is 3.55. The minimum absolute atomic E-state index is 0.0538. The molecule has 0 radical (unpaired) electrons. The van der Waals surface area contributed by atoms with Crippen LogP contribution in [0.15, 0.2) is 16.6 Å². The molecular formula is C14H13BrN2O4. The summed E-state index contributed by atoms with van der Waals surface area (Å²) in [5, 5.41) is 15.6. The number of carbonyl (C=O) groups is 1. The average molecular weight is 353 g/mol. The SMILES string of the molecule is CCc1c(-c2cc(C(=O)O)[nH]n2)cc2c(c1Br)OCCO2. The first-order valence-electron chi connectivity index (χ1n) is 6.51. The standard InChI is InChI=1S/C14H13BrN2O4/c1-2-7-8(9-6-10(14(18)19)17-16-9)5-11-13(12(7)15)21-4-3-20-11/h5-6H,2-4H2,1H3,(H,16,17)(H,18,19). The molecule has 0 saturated carbocycles. The molecule has 0 saturated heterocycles. The molecule has 0 spiro atoms. The van der Waals surface area contributed by atoms with Gasteiger partial charge in [0.05, 0.1) is 10.2 Å². The van der Waals surface area contributed by atoms with E-state index in [2.05, 4.69) is 26.1 Å². The van der Waals surface area contributed by atoms with Crippen LogP contribution >= 0.6 is 15.9 Å². The lowest BCUT2D eigenvalue weighted by Gasteiger charge is -2.22. The Balaban J connectivity index is 2.16. The normalized spacial score (nSPS) is 13.2.